The zero-order valence-electron chi connectivity index (χ0n) is 12.7. The van der Waals surface area contributed by atoms with E-state index in [9.17, 15) is 9.59 Å². The number of ether oxygens (including phenoxy) is 1. The van der Waals surface area contributed by atoms with E-state index in [-0.39, 0.29) is 5.56 Å². The molecule has 0 unspecified atom stereocenters. The van der Waals surface area contributed by atoms with E-state index in [1.807, 2.05) is 6.92 Å². The summed E-state index contributed by atoms with van der Waals surface area (Å²) in [5.41, 5.74) is -1.22. The molecule has 0 bridgehead atoms. The molecule has 1 N–H and O–H groups in total. The number of terminal acetylenes is 1. The Kier molecular flexibility index (Phi) is 4.22. The second-order valence-electron chi connectivity index (χ2n) is 5.14. The highest BCUT2D eigenvalue weighted by molar-refractivity contribution is 5.97. The van der Waals surface area contributed by atoms with Gasteiger partial charge in [0.25, 0.3) is 5.91 Å². The molecule has 1 aromatic carbocycles. The highest BCUT2D eigenvalue weighted by atomic mass is 16.5. The van der Waals surface area contributed by atoms with Gasteiger partial charge in [-0.15, -0.1) is 6.42 Å². The van der Waals surface area contributed by atoms with Crippen molar-refractivity contribution < 1.29 is 13.9 Å². The lowest BCUT2D eigenvalue weighted by Gasteiger charge is -2.23. The fraction of sp³-hybridized carbons (Fsp3) is 0.294. The summed E-state index contributed by atoms with van der Waals surface area (Å²) in [4.78, 5) is 24.3. The van der Waals surface area contributed by atoms with Crippen molar-refractivity contribution in [2.24, 2.45) is 0 Å². The summed E-state index contributed by atoms with van der Waals surface area (Å²) >= 11 is 0. The fourth-order valence-electron chi connectivity index (χ4n) is 1.93. The van der Waals surface area contributed by atoms with E-state index in [1.54, 1.807) is 25.1 Å². The van der Waals surface area contributed by atoms with Gasteiger partial charge in [-0.25, -0.2) is 4.79 Å². The second-order valence-corrected chi connectivity index (χ2v) is 5.14. The first kappa shape index (κ1) is 15.6. The lowest BCUT2D eigenvalue weighted by atomic mass is 9.99. The van der Waals surface area contributed by atoms with Crippen molar-refractivity contribution in [3.05, 3.63) is 40.2 Å². The van der Waals surface area contributed by atoms with Crippen LogP contribution in [0.2, 0.25) is 0 Å². The molecule has 0 aliphatic rings. The Morgan fingerprint density at radius 3 is 2.77 bits per heavy atom. The monoisotopic (exact) mass is 299 g/mol. The lowest BCUT2D eigenvalue weighted by Crippen LogP contribution is -2.45. The van der Waals surface area contributed by atoms with Gasteiger partial charge in [-0.3, -0.25) is 4.79 Å². The molecule has 22 heavy (non-hydrogen) atoms. The summed E-state index contributed by atoms with van der Waals surface area (Å²) in [7, 11) is 1.54. The molecule has 1 amide bonds. The molecule has 5 heteroatoms. The lowest BCUT2D eigenvalue weighted by molar-refractivity contribution is 0.0920. The molecule has 1 heterocycles. The van der Waals surface area contributed by atoms with Gasteiger partial charge in [0.2, 0.25) is 0 Å². The number of amides is 1. The molecule has 1 aromatic heterocycles. The third-order valence-corrected chi connectivity index (χ3v) is 3.60. The first-order valence-electron chi connectivity index (χ1n) is 6.84. The second kappa shape index (κ2) is 5.94. The number of benzene rings is 1. The predicted octanol–water partition coefficient (Wildman–Crippen LogP) is 2.33. The largest absolute Gasteiger partial charge is 0.497 e. The van der Waals surface area contributed by atoms with Crippen LogP contribution >= 0.6 is 0 Å². The molecule has 0 spiro atoms. The first-order chi connectivity index (χ1) is 10.4. The van der Waals surface area contributed by atoms with Crippen molar-refractivity contribution in [2.45, 2.75) is 25.8 Å². The molecular formula is C17H17NO4. The van der Waals surface area contributed by atoms with E-state index in [2.05, 4.69) is 11.2 Å². The molecule has 1 atom stereocenters. The minimum absolute atomic E-state index is 0.0873. The molecule has 114 valence electrons. The summed E-state index contributed by atoms with van der Waals surface area (Å²) in [6.07, 6.45) is 5.97. The van der Waals surface area contributed by atoms with Gasteiger partial charge in [-0.2, -0.15) is 0 Å². The fourth-order valence-corrected chi connectivity index (χ4v) is 1.93. The van der Waals surface area contributed by atoms with Crippen molar-refractivity contribution in [1.29, 1.82) is 0 Å². The van der Waals surface area contributed by atoms with Crippen molar-refractivity contribution in [3.8, 4) is 18.1 Å². The Labute approximate surface area is 128 Å². The molecule has 0 saturated heterocycles. The average molecular weight is 299 g/mol. The van der Waals surface area contributed by atoms with Gasteiger partial charge in [0, 0.05) is 5.39 Å². The normalized spacial score (nSPS) is 13.2. The Hall–Kier alpha value is -2.74. The summed E-state index contributed by atoms with van der Waals surface area (Å²) in [5.74, 6) is 2.57. The van der Waals surface area contributed by atoms with Crippen LogP contribution in [0.15, 0.2) is 33.5 Å². The number of carbonyl (C=O) groups is 1. The number of fused-ring (bicyclic) bond motifs is 1. The Morgan fingerprint density at radius 1 is 1.45 bits per heavy atom. The van der Waals surface area contributed by atoms with Gasteiger partial charge in [-0.1, -0.05) is 12.8 Å². The molecule has 0 radical (unpaired) electrons. The van der Waals surface area contributed by atoms with Crippen LogP contribution in [0.5, 0.6) is 5.75 Å². The summed E-state index contributed by atoms with van der Waals surface area (Å²) in [6.45, 7) is 3.57. The number of rotatable bonds is 4. The van der Waals surface area contributed by atoms with Crippen LogP contribution in [0.3, 0.4) is 0 Å². The third-order valence-electron chi connectivity index (χ3n) is 3.60. The highest BCUT2D eigenvalue weighted by Crippen LogP contribution is 2.20. The van der Waals surface area contributed by atoms with Gasteiger partial charge in [0.05, 0.1) is 12.6 Å². The number of hydrogen-bond acceptors (Lipinski definition) is 4. The summed E-state index contributed by atoms with van der Waals surface area (Å²) in [6, 6.07) is 6.47. The van der Waals surface area contributed by atoms with Crippen LogP contribution in [0.4, 0.5) is 0 Å². The van der Waals surface area contributed by atoms with Crippen LogP contribution in [-0.2, 0) is 0 Å². The van der Waals surface area contributed by atoms with E-state index < -0.39 is 17.1 Å². The van der Waals surface area contributed by atoms with Gasteiger partial charge >= 0.3 is 5.63 Å². The van der Waals surface area contributed by atoms with Gasteiger partial charge in [0.15, 0.2) is 0 Å². The van der Waals surface area contributed by atoms with Crippen LogP contribution in [0.25, 0.3) is 11.0 Å². The van der Waals surface area contributed by atoms with Crippen LogP contribution < -0.4 is 15.7 Å². The topological polar surface area (TPSA) is 68.5 Å². The number of methoxy groups -OCH3 is 1. The van der Waals surface area contributed by atoms with Crippen molar-refractivity contribution in [3.63, 3.8) is 0 Å². The number of hydrogen-bond donors (Lipinski definition) is 1. The molecule has 2 rings (SSSR count). The Balaban J connectivity index is 2.47. The predicted molar refractivity (Wildman–Crippen MR) is 84.0 cm³/mol. The average Bonchev–Trinajstić information content (AvgIpc) is 2.53. The molecule has 2 aromatic rings. The summed E-state index contributed by atoms with van der Waals surface area (Å²) in [5, 5.41) is 3.28. The first-order valence-corrected chi connectivity index (χ1v) is 6.84. The van der Waals surface area contributed by atoms with Crippen molar-refractivity contribution in [2.75, 3.05) is 7.11 Å². The van der Waals surface area contributed by atoms with Crippen LogP contribution in [-0.4, -0.2) is 18.6 Å². The zero-order chi connectivity index (χ0) is 16.3. The molecule has 0 aliphatic heterocycles. The van der Waals surface area contributed by atoms with E-state index >= 15 is 0 Å². The maximum atomic E-state index is 12.3. The van der Waals surface area contributed by atoms with Gasteiger partial charge in [0.1, 0.15) is 16.9 Å². The van der Waals surface area contributed by atoms with Crippen LogP contribution in [0.1, 0.15) is 30.6 Å². The number of carbonyl (C=O) groups excluding carboxylic acids is 1. The molecule has 5 nitrogen and oxygen atoms in total. The van der Waals surface area contributed by atoms with E-state index in [0.717, 1.165) is 0 Å². The maximum absolute atomic E-state index is 12.3. The van der Waals surface area contributed by atoms with Crippen molar-refractivity contribution in [1.82, 2.24) is 5.32 Å². The summed E-state index contributed by atoms with van der Waals surface area (Å²) < 4.78 is 10.3. The SMILES string of the molecule is C#C[C@@](C)(CC)NC(=O)c1cc2cc(OC)ccc2oc1=O. The third kappa shape index (κ3) is 2.96. The van der Waals surface area contributed by atoms with Crippen molar-refractivity contribution >= 4 is 16.9 Å². The molecular weight excluding hydrogens is 282 g/mol. The van der Waals surface area contributed by atoms with Gasteiger partial charge < -0.3 is 14.5 Å². The maximum Gasteiger partial charge on any atom is 0.349 e. The Bertz CT molecular complexity index is 815. The smallest absolute Gasteiger partial charge is 0.349 e. The van der Waals surface area contributed by atoms with Gasteiger partial charge in [-0.05, 0) is 37.6 Å². The van der Waals surface area contributed by atoms with E-state index in [1.165, 1.54) is 13.2 Å². The van der Waals surface area contributed by atoms with E-state index in [4.69, 9.17) is 15.6 Å². The standard InChI is InChI=1S/C17H17NO4/c1-5-17(3,6-2)18-15(19)13-10-11-9-12(21-4)7-8-14(11)22-16(13)20/h1,7-10H,6H2,2-4H3,(H,18,19)/t17-/m0/s1. The zero-order valence-corrected chi connectivity index (χ0v) is 12.7. The quantitative estimate of drug-likeness (QED) is 0.695. The minimum atomic E-state index is -0.813. The highest BCUT2D eigenvalue weighted by Gasteiger charge is 2.24. The Morgan fingerprint density at radius 2 is 2.18 bits per heavy atom. The molecule has 0 saturated carbocycles. The molecule has 0 aliphatic carbocycles. The minimum Gasteiger partial charge on any atom is -0.497 e. The van der Waals surface area contributed by atoms with E-state index in [0.29, 0.717) is 23.1 Å². The molecule has 0 fully saturated rings. The number of nitrogens with one attached hydrogen (secondary N) is 1. The van der Waals surface area contributed by atoms with Crippen LogP contribution in [0, 0.1) is 12.3 Å².